The highest BCUT2D eigenvalue weighted by Crippen LogP contribution is 2.13. The lowest BCUT2D eigenvalue weighted by Gasteiger charge is -2.18. The van der Waals surface area contributed by atoms with E-state index in [1.165, 1.54) is 0 Å². The zero-order valence-electron chi connectivity index (χ0n) is 9.86. The lowest BCUT2D eigenvalue weighted by Crippen LogP contribution is -2.31. The van der Waals surface area contributed by atoms with Crippen LogP contribution in [0.15, 0.2) is 16.7 Å². The summed E-state index contributed by atoms with van der Waals surface area (Å²) >= 11 is 0. The quantitative estimate of drug-likeness (QED) is 0.780. The Morgan fingerprint density at radius 1 is 1.69 bits per heavy atom. The van der Waals surface area contributed by atoms with Gasteiger partial charge >= 0.3 is 0 Å². The molecule has 86 valence electrons. The van der Waals surface area contributed by atoms with E-state index in [0.29, 0.717) is 13.0 Å². The molecule has 1 atom stereocenters. The second-order valence-corrected chi connectivity index (χ2v) is 3.79. The fourth-order valence-electron chi connectivity index (χ4n) is 1.50. The van der Waals surface area contributed by atoms with Crippen LogP contribution in [0.4, 0.5) is 0 Å². The van der Waals surface area contributed by atoms with Gasteiger partial charge in [0.1, 0.15) is 11.7 Å². The van der Waals surface area contributed by atoms with E-state index in [1.807, 2.05) is 26.0 Å². The molecule has 0 aliphatic heterocycles. The first kappa shape index (κ1) is 12.3. The first-order valence-corrected chi connectivity index (χ1v) is 5.27. The Morgan fingerprint density at radius 3 is 2.81 bits per heavy atom. The first-order chi connectivity index (χ1) is 7.60. The summed E-state index contributed by atoms with van der Waals surface area (Å²) in [4.78, 5) is 13.4. The fourth-order valence-corrected chi connectivity index (χ4v) is 1.50. The van der Waals surface area contributed by atoms with E-state index >= 15 is 0 Å². The summed E-state index contributed by atoms with van der Waals surface area (Å²) in [5.74, 6) is 0.132. The minimum atomic E-state index is -0.544. The number of carbonyl (C=O) groups excluding carboxylic acids is 1. The van der Waals surface area contributed by atoms with Crippen LogP contribution in [0.25, 0.3) is 0 Å². The topological polar surface area (TPSA) is 57.2 Å². The van der Waals surface area contributed by atoms with Crippen LogP contribution in [0, 0.1) is 24.2 Å². The normalized spacial score (nSPS) is 11.9. The molecule has 0 aromatic carbocycles. The Balaban J connectivity index is 2.66. The summed E-state index contributed by atoms with van der Waals surface area (Å²) in [5.41, 5.74) is 0.976. The third-order valence-electron chi connectivity index (χ3n) is 2.61. The number of amides is 1. The molecule has 0 radical (unpaired) electrons. The molecule has 0 aliphatic rings. The highest BCUT2D eigenvalue weighted by atomic mass is 16.3. The molecule has 0 saturated carbocycles. The van der Waals surface area contributed by atoms with Crippen LogP contribution in [-0.4, -0.2) is 17.9 Å². The van der Waals surface area contributed by atoms with Gasteiger partial charge in [0.15, 0.2) is 0 Å². The average Bonchev–Trinajstić information content (AvgIpc) is 2.66. The van der Waals surface area contributed by atoms with Crippen molar-refractivity contribution < 1.29 is 9.21 Å². The van der Waals surface area contributed by atoms with Gasteiger partial charge in [-0.2, -0.15) is 5.26 Å². The van der Waals surface area contributed by atoms with Crippen molar-refractivity contribution in [1.82, 2.24) is 4.90 Å². The zero-order chi connectivity index (χ0) is 12.1. The van der Waals surface area contributed by atoms with Crippen LogP contribution in [0.5, 0.6) is 0 Å². The first-order valence-electron chi connectivity index (χ1n) is 5.27. The van der Waals surface area contributed by atoms with Crippen molar-refractivity contribution in [2.24, 2.45) is 5.92 Å². The molecular formula is C12H16N2O2. The lowest BCUT2D eigenvalue weighted by atomic mass is 10.1. The number of rotatable bonds is 4. The molecule has 4 nitrogen and oxygen atoms in total. The predicted molar refractivity (Wildman–Crippen MR) is 59.3 cm³/mol. The van der Waals surface area contributed by atoms with Crippen molar-refractivity contribution in [3.63, 3.8) is 0 Å². The molecular weight excluding hydrogens is 204 g/mol. The molecule has 0 saturated heterocycles. The molecule has 1 unspecified atom stereocenters. The van der Waals surface area contributed by atoms with E-state index in [0.717, 1.165) is 11.3 Å². The molecule has 0 bridgehead atoms. The minimum Gasteiger partial charge on any atom is -0.469 e. The van der Waals surface area contributed by atoms with E-state index in [-0.39, 0.29) is 5.91 Å². The van der Waals surface area contributed by atoms with E-state index < -0.39 is 5.92 Å². The number of furan rings is 1. The molecule has 0 spiro atoms. The van der Waals surface area contributed by atoms with Crippen molar-refractivity contribution >= 4 is 5.91 Å². The van der Waals surface area contributed by atoms with Gasteiger partial charge in [-0.1, -0.05) is 6.92 Å². The van der Waals surface area contributed by atoms with Gasteiger partial charge in [-0.05, 0) is 19.4 Å². The van der Waals surface area contributed by atoms with Crippen molar-refractivity contribution in [2.45, 2.75) is 26.8 Å². The van der Waals surface area contributed by atoms with E-state index in [4.69, 9.17) is 9.68 Å². The molecule has 1 heterocycles. The highest BCUT2D eigenvalue weighted by molar-refractivity contribution is 5.80. The summed E-state index contributed by atoms with van der Waals surface area (Å²) in [6.45, 7) is 4.18. The third-order valence-corrected chi connectivity index (χ3v) is 2.61. The van der Waals surface area contributed by atoms with Crippen LogP contribution in [0.3, 0.4) is 0 Å². The Morgan fingerprint density at radius 2 is 2.38 bits per heavy atom. The smallest absolute Gasteiger partial charge is 0.239 e. The lowest BCUT2D eigenvalue weighted by molar-refractivity contribution is -0.133. The van der Waals surface area contributed by atoms with Gasteiger partial charge in [0.2, 0.25) is 5.91 Å². The zero-order valence-corrected chi connectivity index (χ0v) is 9.86. The summed E-state index contributed by atoms with van der Waals surface area (Å²) in [7, 11) is 1.70. The molecule has 1 aromatic rings. The maximum absolute atomic E-state index is 11.8. The molecule has 16 heavy (non-hydrogen) atoms. The average molecular weight is 220 g/mol. The second-order valence-electron chi connectivity index (χ2n) is 3.79. The molecule has 4 heteroatoms. The third kappa shape index (κ3) is 2.63. The van der Waals surface area contributed by atoms with Gasteiger partial charge in [-0.25, -0.2) is 0 Å². The molecule has 1 rings (SSSR count). The van der Waals surface area contributed by atoms with Gasteiger partial charge in [0.05, 0.1) is 12.3 Å². The fraction of sp³-hybridized carbons (Fsp3) is 0.500. The number of carbonyl (C=O) groups is 1. The van der Waals surface area contributed by atoms with E-state index in [1.54, 1.807) is 18.2 Å². The molecule has 0 fully saturated rings. The van der Waals surface area contributed by atoms with E-state index in [9.17, 15) is 4.79 Å². The number of aryl methyl sites for hydroxylation is 1. The van der Waals surface area contributed by atoms with Gasteiger partial charge in [-0.3, -0.25) is 4.79 Å². The summed E-state index contributed by atoms with van der Waals surface area (Å²) in [6.07, 6.45) is 2.15. The van der Waals surface area contributed by atoms with E-state index in [2.05, 4.69) is 0 Å². The molecule has 1 amide bonds. The van der Waals surface area contributed by atoms with Crippen LogP contribution in [0.2, 0.25) is 0 Å². The Labute approximate surface area is 95.5 Å². The largest absolute Gasteiger partial charge is 0.469 e. The number of hydrogen-bond donors (Lipinski definition) is 0. The van der Waals surface area contributed by atoms with Crippen LogP contribution >= 0.6 is 0 Å². The second kappa shape index (κ2) is 5.36. The van der Waals surface area contributed by atoms with Crippen molar-refractivity contribution in [3.05, 3.63) is 23.7 Å². The molecule has 1 aromatic heterocycles. The Hall–Kier alpha value is -1.76. The maximum atomic E-state index is 11.8. The summed E-state index contributed by atoms with van der Waals surface area (Å²) < 4.78 is 5.16. The van der Waals surface area contributed by atoms with Gasteiger partial charge in [-0.15, -0.1) is 0 Å². The monoisotopic (exact) mass is 220 g/mol. The van der Waals surface area contributed by atoms with Crippen LogP contribution < -0.4 is 0 Å². The minimum absolute atomic E-state index is 0.134. The predicted octanol–water partition coefficient (Wildman–Crippen LogP) is 2.10. The van der Waals surface area contributed by atoms with Crippen molar-refractivity contribution in [3.8, 4) is 6.07 Å². The maximum Gasteiger partial charge on any atom is 0.239 e. The number of hydrogen-bond acceptors (Lipinski definition) is 3. The SMILES string of the molecule is CCC(C#N)C(=O)N(C)Cc1ccoc1C. The molecule has 0 aliphatic carbocycles. The summed E-state index contributed by atoms with van der Waals surface area (Å²) in [5, 5.41) is 8.81. The Bertz CT molecular complexity index is 403. The van der Waals surface area contributed by atoms with Crippen molar-refractivity contribution in [1.29, 1.82) is 5.26 Å². The van der Waals surface area contributed by atoms with Gasteiger partial charge in [0.25, 0.3) is 0 Å². The van der Waals surface area contributed by atoms with Gasteiger partial charge < -0.3 is 9.32 Å². The number of nitriles is 1. The highest BCUT2D eigenvalue weighted by Gasteiger charge is 2.20. The summed E-state index contributed by atoms with van der Waals surface area (Å²) in [6, 6.07) is 3.85. The number of nitrogens with zero attached hydrogens (tertiary/aromatic N) is 2. The standard InChI is InChI=1S/C12H16N2O2/c1-4-10(7-13)12(15)14(3)8-11-5-6-16-9(11)2/h5-6,10H,4,8H2,1-3H3. The van der Waals surface area contributed by atoms with Crippen LogP contribution in [0.1, 0.15) is 24.7 Å². The van der Waals surface area contributed by atoms with Gasteiger partial charge in [0, 0.05) is 19.2 Å². The van der Waals surface area contributed by atoms with Crippen molar-refractivity contribution in [2.75, 3.05) is 7.05 Å². The Kier molecular flexibility index (Phi) is 4.12. The molecule has 0 N–H and O–H groups in total. The van der Waals surface area contributed by atoms with Crippen LogP contribution in [-0.2, 0) is 11.3 Å².